The second-order valence-corrected chi connectivity index (χ2v) is 6.59. The molecule has 2 aromatic carbocycles. The van der Waals surface area contributed by atoms with E-state index < -0.39 is 6.61 Å². The molecule has 1 atom stereocenters. The van der Waals surface area contributed by atoms with Crippen molar-refractivity contribution in [3.05, 3.63) is 65.7 Å². The lowest BCUT2D eigenvalue weighted by molar-refractivity contribution is -0.116. The molecule has 0 unspecified atom stereocenters. The van der Waals surface area contributed by atoms with E-state index in [1.54, 1.807) is 18.2 Å². The third kappa shape index (κ3) is 7.19. The van der Waals surface area contributed by atoms with E-state index in [4.69, 9.17) is 9.47 Å². The molecule has 154 valence electrons. The number of carbonyl (C=O) groups excluding carboxylic acids is 1. The predicted octanol–water partition coefficient (Wildman–Crippen LogP) is 4.18. The van der Waals surface area contributed by atoms with Crippen molar-refractivity contribution in [1.82, 2.24) is 5.32 Å². The Bertz CT molecular complexity index is 801. The minimum atomic E-state index is -2.86. The van der Waals surface area contributed by atoms with Gasteiger partial charge in [-0.05, 0) is 54.3 Å². The third-order valence-electron chi connectivity index (χ3n) is 4.38. The number of nitrogens with one attached hydrogen (secondary N) is 1. The van der Waals surface area contributed by atoms with Crippen LogP contribution in [0.2, 0.25) is 0 Å². The highest BCUT2D eigenvalue weighted by Gasteiger charge is 2.15. The predicted molar refractivity (Wildman–Crippen MR) is 105 cm³/mol. The Labute approximate surface area is 168 Å². The van der Waals surface area contributed by atoms with Gasteiger partial charge in [0, 0.05) is 19.2 Å². The number of hydrogen-bond donors (Lipinski definition) is 1. The van der Waals surface area contributed by atoms with Gasteiger partial charge in [-0.1, -0.05) is 24.3 Å². The Kier molecular flexibility index (Phi) is 7.58. The Balaban J connectivity index is 1.40. The van der Waals surface area contributed by atoms with E-state index in [1.165, 1.54) is 18.2 Å². The molecule has 1 saturated heterocycles. The Morgan fingerprint density at radius 2 is 1.86 bits per heavy atom. The maximum Gasteiger partial charge on any atom is 0.387 e. The lowest BCUT2D eigenvalue weighted by atomic mass is 10.2. The molecule has 1 N–H and O–H groups in total. The molecule has 0 aromatic heterocycles. The number of ether oxygens (including phenoxy) is 3. The molecule has 29 heavy (non-hydrogen) atoms. The molecule has 0 aliphatic carbocycles. The van der Waals surface area contributed by atoms with Gasteiger partial charge in [0.15, 0.2) is 0 Å². The second kappa shape index (κ2) is 10.6. The second-order valence-electron chi connectivity index (χ2n) is 6.59. The Morgan fingerprint density at radius 3 is 2.52 bits per heavy atom. The summed E-state index contributed by atoms with van der Waals surface area (Å²) in [4.78, 5) is 12.0. The number of rotatable bonds is 9. The van der Waals surface area contributed by atoms with E-state index in [9.17, 15) is 13.6 Å². The molecule has 7 heteroatoms. The molecule has 1 aliphatic heterocycles. The zero-order valence-electron chi connectivity index (χ0n) is 15.9. The number of benzene rings is 2. The first kappa shape index (κ1) is 20.8. The van der Waals surface area contributed by atoms with Gasteiger partial charge in [0.05, 0.1) is 6.10 Å². The maximum atomic E-state index is 12.1. The molecule has 0 bridgehead atoms. The van der Waals surface area contributed by atoms with Crippen molar-refractivity contribution in [2.45, 2.75) is 32.1 Å². The van der Waals surface area contributed by atoms with Crippen molar-refractivity contribution in [3.63, 3.8) is 0 Å². The molecule has 1 fully saturated rings. The average Bonchev–Trinajstić information content (AvgIpc) is 3.24. The number of hydrogen-bond acceptors (Lipinski definition) is 4. The molecule has 5 nitrogen and oxygen atoms in total. The summed E-state index contributed by atoms with van der Waals surface area (Å²) in [5.41, 5.74) is 1.65. The van der Waals surface area contributed by atoms with Gasteiger partial charge >= 0.3 is 6.61 Å². The van der Waals surface area contributed by atoms with Gasteiger partial charge in [0.25, 0.3) is 0 Å². The highest BCUT2D eigenvalue weighted by molar-refractivity contribution is 5.91. The lowest BCUT2D eigenvalue weighted by Gasteiger charge is -2.11. The molecule has 3 rings (SSSR count). The fourth-order valence-electron chi connectivity index (χ4n) is 2.85. The summed E-state index contributed by atoms with van der Waals surface area (Å²) in [6.45, 7) is -1.12. The quantitative estimate of drug-likeness (QED) is 0.639. The van der Waals surface area contributed by atoms with Crippen LogP contribution in [0.1, 0.15) is 24.0 Å². The number of carbonyl (C=O) groups is 1. The normalized spacial score (nSPS) is 16.3. The average molecular weight is 403 g/mol. The van der Waals surface area contributed by atoms with Crippen LogP contribution in [-0.4, -0.2) is 31.8 Å². The monoisotopic (exact) mass is 403 g/mol. The molecule has 1 heterocycles. The fraction of sp³-hybridized carbons (Fsp3) is 0.318. The summed E-state index contributed by atoms with van der Waals surface area (Å²) >= 11 is 0. The molecule has 1 amide bonds. The van der Waals surface area contributed by atoms with Crippen LogP contribution in [0.15, 0.2) is 54.6 Å². The van der Waals surface area contributed by atoms with Crippen molar-refractivity contribution in [3.8, 4) is 11.5 Å². The topological polar surface area (TPSA) is 56.8 Å². The largest absolute Gasteiger partial charge is 0.491 e. The van der Waals surface area contributed by atoms with Crippen LogP contribution in [-0.2, 0) is 16.1 Å². The Morgan fingerprint density at radius 1 is 1.14 bits per heavy atom. The van der Waals surface area contributed by atoms with Gasteiger partial charge in [-0.2, -0.15) is 8.78 Å². The summed E-state index contributed by atoms with van der Waals surface area (Å²) in [5, 5.41) is 2.79. The minimum Gasteiger partial charge on any atom is -0.491 e. The molecule has 0 saturated carbocycles. The smallest absolute Gasteiger partial charge is 0.387 e. The van der Waals surface area contributed by atoms with Crippen LogP contribution in [0.4, 0.5) is 8.78 Å². The number of alkyl halides is 2. The van der Waals surface area contributed by atoms with Crippen molar-refractivity contribution in [1.29, 1.82) is 0 Å². The highest BCUT2D eigenvalue weighted by Crippen LogP contribution is 2.17. The van der Waals surface area contributed by atoms with Crippen LogP contribution >= 0.6 is 0 Å². The molecule has 1 aliphatic rings. The fourth-order valence-corrected chi connectivity index (χ4v) is 2.85. The number of halogens is 2. The molecular formula is C22H23F2NO4. The SMILES string of the molecule is O=C(/C=C/c1ccc(OC(F)F)cc1)NCc1ccc(OC[C@H]2CCCO2)cc1. The zero-order valence-corrected chi connectivity index (χ0v) is 15.9. The zero-order chi connectivity index (χ0) is 20.5. The first-order valence-corrected chi connectivity index (χ1v) is 9.42. The van der Waals surface area contributed by atoms with Gasteiger partial charge in [-0.15, -0.1) is 0 Å². The van der Waals surface area contributed by atoms with Crippen molar-refractivity contribution >= 4 is 12.0 Å². The molecule has 2 aromatic rings. The van der Waals surface area contributed by atoms with E-state index in [1.807, 2.05) is 24.3 Å². The van der Waals surface area contributed by atoms with Gasteiger partial charge in [-0.3, -0.25) is 4.79 Å². The maximum absolute atomic E-state index is 12.1. The summed E-state index contributed by atoms with van der Waals surface area (Å²) in [6, 6.07) is 13.6. The number of amides is 1. The summed E-state index contributed by atoms with van der Waals surface area (Å²) < 4.78 is 39.8. The lowest BCUT2D eigenvalue weighted by Crippen LogP contribution is -2.20. The first-order chi connectivity index (χ1) is 14.1. The van der Waals surface area contributed by atoms with Crippen LogP contribution in [0.5, 0.6) is 11.5 Å². The molecule has 0 spiro atoms. The molecular weight excluding hydrogens is 380 g/mol. The summed E-state index contributed by atoms with van der Waals surface area (Å²) in [6.07, 6.45) is 5.28. The van der Waals surface area contributed by atoms with E-state index in [-0.39, 0.29) is 17.8 Å². The van der Waals surface area contributed by atoms with Crippen LogP contribution in [0.25, 0.3) is 6.08 Å². The van der Waals surface area contributed by atoms with Crippen molar-refractivity contribution in [2.75, 3.05) is 13.2 Å². The van der Waals surface area contributed by atoms with Crippen LogP contribution < -0.4 is 14.8 Å². The van der Waals surface area contributed by atoms with Gasteiger partial charge < -0.3 is 19.5 Å². The van der Waals surface area contributed by atoms with E-state index in [0.717, 1.165) is 30.8 Å². The van der Waals surface area contributed by atoms with Gasteiger partial charge in [-0.25, -0.2) is 0 Å². The van der Waals surface area contributed by atoms with Gasteiger partial charge in [0.1, 0.15) is 18.1 Å². The summed E-state index contributed by atoms with van der Waals surface area (Å²) in [5.74, 6) is 0.594. The molecule has 0 radical (unpaired) electrons. The third-order valence-corrected chi connectivity index (χ3v) is 4.38. The van der Waals surface area contributed by atoms with Crippen LogP contribution in [0, 0.1) is 0 Å². The van der Waals surface area contributed by atoms with E-state index in [0.29, 0.717) is 18.7 Å². The summed E-state index contributed by atoms with van der Waals surface area (Å²) in [7, 11) is 0. The highest BCUT2D eigenvalue weighted by atomic mass is 19.3. The standard InChI is InChI=1S/C22H23F2NO4/c23-22(24)29-19-10-3-16(4-11-19)7-12-21(26)25-14-17-5-8-18(9-6-17)28-15-20-2-1-13-27-20/h3-12,20,22H,1-2,13-15H2,(H,25,26)/b12-7+/t20-/m1/s1. The minimum absolute atomic E-state index is 0.0739. The van der Waals surface area contributed by atoms with E-state index >= 15 is 0 Å². The van der Waals surface area contributed by atoms with E-state index in [2.05, 4.69) is 10.1 Å². The van der Waals surface area contributed by atoms with Crippen molar-refractivity contribution < 1.29 is 27.8 Å². The van der Waals surface area contributed by atoms with Gasteiger partial charge in [0.2, 0.25) is 5.91 Å². The van der Waals surface area contributed by atoms with Crippen LogP contribution in [0.3, 0.4) is 0 Å². The Hall–Kier alpha value is -2.93. The first-order valence-electron chi connectivity index (χ1n) is 9.42. The van der Waals surface area contributed by atoms with Crippen molar-refractivity contribution in [2.24, 2.45) is 0 Å².